The first-order valence-electron chi connectivity index (χ1n) is 8.10. The monoisotopic (exact) mass is 557 g/mol. The molecule has 186 valence electrons. The molecule has 7 N–H and O–H groups in total. The molecule has 18 nitrogen and oxygen atoms in total. The standard InChI is InChI=1S/C11H15ClN3O15P3/c1-5(28-32(23,24)30-33(25,26)29-31(20,21)22)7-8(17)11(19,2-3-12)9(27-7)15-10(18)14-6(16)4-13-15/h4-5,7-9,17,19H,1H3,(H,23,24)(H,25,26)(H,14,16,18)(H2,20,21,22)/t5-,7-,8+,9-,11?/m1/s1. The molecule has 33 heavy (non-hydrogen) atoms. The maximum Gasteiger partial charge on any atom is 0.490 e. The van der Waals surface area contributed by atoms with Gasteiger partial charge in [0.05, 0.1) is 6.10 Å². The molecule has 0 aromatic carbocycles. The SMILES string of the molecule is C[C@@H](OP(=O)(O)OP(=O)(O)OP(=O)(O)O)[C@H]1O[C@@H](n2ncc(=O)[nH]c2=O)C(O)(C#CCl)[C@H]1O. The average Bonchev–Trinajstić information content (AvgIpc) is 2.83. The molecule has 0 saturated carbocycles. The molecule has 0 radical (unpaired) electrons. The van der Waals surface area contributed by atoms with Crippen LogP contribution in [-0.4, -0.2) is 68.5 Å². The number of aliphatic hydroxyl groups is 2. The zero-order valence-corrected chi connectivity index (χ0v) is 19.3. The highest BCUT2D eigenvalue weighted by Crippen LogP contribution is 2.66. The Balaban J connectivity index is 2.32. The fourth-order valence-electron chi connectivity index (χ4n) is 2.64. The van der Waals surface area contributed by atoms with Crippen molar-refractivity contribution in [1.29, 1.82) is 0 Å². The summed E-state index contributed by atoms with van der Waals surface area (Å²) in [6.07, 6.45) is -7.12. The number of hydrogen-bond donors (Lipinski definition) is 7. The zero-order valence-electron chi connectivity index (χ0n) is 15.9. The smallest absolute Gasteiger partial charge is 0.386 e. The van der Waals surface area contributed by atoms with E-state index in [0.29, 0.717) is 10.9 Å². The van der Waals surface area contributed by atoms with Crippen molar-refractivity contribution in [2.24, 2.45) is 0 Å². The number of hydrogen-bond acceptors (Lipinski definition) is 12. The van der Waals surface area contributed by atoms with Crippen molar-refractivity contribution in [2.45, 2.75) is 37.1 Å². The van der Waals surface area contributed by atoms with Crippen LogP contribution >= 0.6 is 35.1 Å². The molecule has 0 amide bonds. The molecule has 0 bridgehead atoms. The van der Waals surface area contributed by atoms with E-state index in [4.69, 9.17) is 26.1 Å². The Morgan fingerprint density at radius 2 is 1.85 bits per heavy atom. The van der Waals surface area contributed by atoms with Crippen molar-refractivity contribution in [3.05, 3.63) is 27.0 Å². The second kappa shape index (κ2) is 9.78. The lowest BCUT2D eigenvalue weighted by Crippen LogP contribution is -2.49. The fourth-order valence-corrected chi connectivity index (χ4v) is 6.00. The first-order chi connectivity index (χ1) is 14.9. The maximum atomic E-state index is 12.0. The van der Waals surface area contributed by atoms with Crippen molar-refractivity contribution in [3.63, 3.8) is 0 Å². The number of aliphatic hydroxyl groups excluding tert-OH is 1. The summed E-state index contributed by atoms with van der Waals surface area (Å²) in [7, 11) is -17.1. The Kier molecular flexibility index (Phi) is 8.30. The van der Waals surface area contributed by atoms with E-state index < -0.39 is 64.9 Å². The largest absolute Gasteiger partial charge is 0.490 e. The summed E-state index contributed by atoms with van der Waals surface area (Å²) in [6, 6.07) is 0. The van der Waals surface area contributed by atoms with Crippen LogP contribution < -0.4 is 11.2 Å². The van der Waals surface area contributed by atoms with Gasteiger partial charge in [-0.05, 0) is 24.4 Å². The molecule has 1 aromatic rings. The average molecular weight is 558 g/mol. The highest BCUT2D eigenvalue weighted by molar-refractivity contribution is 7.66. The Labute approximate surface area is 187 Å². The van der Waals surface area contributed by atoms with Crippen LogP contribution in [0.5, 0.6) is 0 Å². The fraction of sp³-hybridized carbons (Fsp3) is 0.545. The molecule has 2 rings (SSSR count). The molecule has 1 aromatic heterocycles. The molecule has 22 heteroatoms. The zero-order chi connectivity index (χ0) is 25.4. The van der Waals surface area contributed by atoms with Gasteiger partial charge in [-0.3, -0.25) is 14.3 Å². The number of H-pyrrole nitrogens is 1. The first kappa shape index (κ1) is 28.0. The van der Waals surface area contributed by atoms with E-state index in [2.05, 4.69) is 18.2 Å². The number of aromatic nitrogens is 3. The van der Waals surface area contributed by atoms with Gasteiger partial charge in [-0.15, -0.1) is 0 Å². The van der Waals surface area contributed by atoms with Crippen LogP contribution in [0.15, 0.2) is 15.8 Å². The highest BCUT2D eigenvalue weighted by atomic mass is 35.5. The van der Waals surface area contributed by atoms with Gasteiger partial charge in [0.1, 0.15) is 18.4 Å². The van der Waals surface area contributed by atoms with Gasteiger partial charge < -0.3 is 34.5 Å². The van der Waals surface area contributed by atoms with Gasteiger partial charge in [-0.25, -0.2) is 18.5 Å². The predicted molar refractivity (Wildman–Crippen MR) is 102 cm³/mol. The van der Waals surface area contributed by atoms with Gasteiger partial charge in [0.15, 0.2) is 6.23 Å². The molecule has 1 aliphatic rings. The molecule has 1 fully saturated rings. The minimum Gasteiger partial charge on any atom is -0.386 e. The van der Waals surface area contributed by atoms with Crippen LogP contribution in [0.25, 0.3) is 0 Å². The molecule has 0 spiro atoms. The number of ether oxygens (including phenoxy) is 1. The minimum atomic E-state index is -5.83. The van der Waals surface area contributed by atoms with Crippen molar-refractivity contribution < 1.29 is 61.4 Å². The maximum absolute atomic E-state index is 12.0. The van der Waals surface area contributed by atoms with Crippen LogP contribution in [0.4, 0.5) is 0 Å². The van der Waals surface area contributed by atoms with E-state index in [1.807, 2.05) is 5.92 Å². The van der Waals surface area contributed by atoms with Gasteiger partial charge in [-0.2, -0.15) is 18.4 Å². The number of rotatable bonds is 8. The number of halogens is 1. The molecule has 1 aliphatic heterocycles. The predicted octanol–water partition coefficient (Wildman–Crippen LogP) is -2.15. The number of nitrogens with zero attached hydrogens (tertiary/aromatic N) is 2. The van der Waals surface area contributed by atoms with Crippen LogP contribution in [0.1, 0.15) is 13.2 Å². The van der Waals surface area contributed by atoms with Crippen LogP contribution in [0.3, 0.4) is 0 Å². The van der Waals surface area contributed by atoms with Gasteiger partial charge in [0.25, 0.3) is 5.56 Å². The quantitative estimate of drug-likeness (QED) is 0.132. The van der Waals surface area contributed by atoms with Crippen molar-refractivity contribution in [3.8, 4) is 11.3 Å². The molecule has 1 saturated heterocycles. The van der Waals surface area contributed by atoms with Crippen molar-refractivity contribution in [1.82, 2.24) is 14.8 Å². The van der Waals surface area contributed by atoms with Crippen molar-refractivity contribution >= 4 is 35.1 Å². The van der Waals surface area contributed by atoms with E-state index in [1.54, 1.807) is 10.4 Å². The first-order valence-corrected chi connectivity index (χ1v) is 13.0. The summed E-state index contributed by atoms with van der Waals surface area (Å²) in [5.74, 6) is 1.97. The van der Waals surface area contributed by atoms with E-state index >= 15 is 0 Å². The number of phosphoric acid groups is 3. The summed E-state index contributed by atoms with van der Waals surface area (Å²) < 4.78 is 51.4. The van der Waals surface area contributed by atoms with Gasteiger partial charge in [0, 0.05) is 5.38 Å². The minimum absolute atomic E-state index is 0.364. The summed E-state index contributed by atoms with van der Waals surface area (Å²) in [5.41, 5.74) is -4.83. The molecule has 3 unspecified atom stereocenters. The third-order valence-electron chi connectivity index (χ3n) is 3.81. The Morgan fingerprint density at radius 3 is 2.36 bits per heavy atom. The lowest BCUT2D eigenvalue weighted by molar-refractivity contribution is -0.0933. The second-order valence-electron chi connectivity index (χ2n) is 6.23. The van der Waals surface area contributed by atoms with E-state index in [-0.39, 0.29) is 0 Å². The summed E-state index contributed by atoms with van der Waals surface area (Å²) in [6.45, 7) is 0.937. The molecule has 2 heterocycles. The van der Waals surface area contributed by atoms with E-state index in [0.717, 1.165) is 6.92 Å². The van der Waals surface area contributed by atoms with E-state index in [1.165, 1.54) is 0 Å². The lowest BCUT2D eigenvalue weighted by atomic mass is 9.93. The third kappa shape index (κ3) is 6.89. The molecular weight excluding hydrogens is 543 g/mol. The Hall–Kier alpha value is -1.25. The van der Waals surface area contributed by atoms with Gasteiger partial charge in [-0.1, -0.05) is 0 Å². The van der Waals surface area contributed by atoms with Crippen molar-refractivity contribution in [2.75, 3.05) is 0 Å². The normalized spacial score (nSPS) is 30.0. The Morgan fingerprint density at radius 1 is 1.24 bits per heavy atom. The summed E-state index contributed by atoms with van der Waals surface area (Å²) in [4.78, 5) is 60.9. The Bertz CT molecular complexity index is 1220. The molecule has 0 aliphatic carbocycles. The number of nitrogens with one attached hydrogen (secondary N) is 1. The second-order valence-corrected chi connectivity index (χ2v) is 10.8. The van der Waals surface area contributed by atoms with Gasteiger partial charge >= 0.3 is 29.2 Å². The number of phosphoric ester groups is 1. The third-order valence-corrected chi connectivity index (χ3v) is 7.83. The summed E-state index contributed by atoms with van der Waals surface area (Å²) in [5, 5.41) is 26.5. The van der Waals surface area contributed by atoms with Crippen LogP contribution in [0, 0.1) is 11.3 Å². The van der Waals surface area contributed by atoms with E-state index in [9.17, 15) is 43.3 Å². The summed E-state index contributed by atoms with van der Waals surface area (Å²) >= 11 is 5.29. The highest BCUT2D eigenvalue weighted by Gasteiger charge is 2.59. The van der Waals surface area contributed by atoms with Gasteiger partial charge in [0.2, 0.25) is 5.60 Å². The lowest BCUT2D eigenvalue weighted by Gasteiger charge is -2.26. The topological polar surface area (TPSA) is 277 Å². The number of aromatic amines is 1. The van der Waals surface area contributed by atoms with Crippen LogP contribution in [0.2, 0.25) is 0 Å². The van der Waals surface area contributed by atoms with Crippen LogP contribution in [-0.2, 0) is 31.6 Å². The molecule has 7 atom stereocenters. The molecular formula is C11H15ClN3O15P3.